The number of ether oxygens (including phenoxy) is 1. The van der Waals surface area contributed by atoms with Crippen molar-refractivity contribution in [3.63, 3.8) is 0 Å². The van der Waals surface area contributed by atoms with E-state index in [4.69, 9.17) is 10.5 Å². The predicted octanol–water partition coefficient (Wildman–Crippen LogP) is 2.78. The molecule has 3 nitrogen and oxygen atoms in total. The van der Waals surface area contributed by atoms with Gasteiger partial charge in [0, 0.05) is 18.8 Å². The fourth-order valence-corrected chi connectivity index (χ4v) is 1.45. The van der Waals surface area contributed by atoms with Crippen LogP contribution < -0.4 is 10.5 Å². The number of benzene rings is 1. The number of nitrogens with zero attached hydrogens (tertiary/aromatic N) is 1. The zero-order chi connectivity index (χ0) is 12.3. The molecule has 0 aliphatic heterocycles. The zero-order valence-electron chi connectivity index (χ0n) is 9.48. The summed E-state index contributed by atoms with van der Waals surface area (Å²) in [6.45, 7) is 2.06. The molecule has 1 aromatic heterocycles. The summed E-state index contributed by atoms with van der Waals surface area (Å²) in [5, 5.41) is 0. The molecule has 0 fully saturated rings. The fourth-order valence-electron chi connectivity index (χ4n) is 1.45. The summed E-state index contributed by atoms with van der Waals surface area (Å²) in [6, 6.07) is 8.12. The lowest BCUT2D eigenvalue weighted by Crippen LogP contribution is -1.99. The van der Waals surface area contributed by atoms with Crippen molar-refractivity contribution < 1.29 is 9.13 Å². The Morgan fingerprint density at radius 3 is 2.71 bits per heavy atom. The molecule has 1 heterocycles. The van der Waals surface area contributed by atoms with Gasteiger partial charge in [-0.2, -0.15) is 0 Å². The quantitative estimate of drug-likeness (QED) is 0.885. The molecule has 2 N–H and O–H groups in total. The first-order chi connectivity index (χ1) is 8.19. The molecule has 0 radical (unpaired) electrons. The molecular formula is C13H13FN2O. The number of pyridine rings is 1. The maximum Gasteiger partial charge on any atom is 0.130 e. The van der Waals surface area contributed by atoms with Crippen LogP contribution in [0.15, 0.2) is 36.5 Å². The lowest BCUT2D eigenvalue weighted by molar-refractivity contribution is 0.478. The Kier molecular flexibility index (Phi) is 3.35. The molecule has 0 bridgehead atoms. The van der Waals surface area contributed by atoms with Gasteiger partial charge in [0.05, 0.1) is 5.69 Å². The molecule has 0 saturated carbocycles. The highest BCUT2D eigenvalue weighted by molar-refractivity contribution is 5.34. The van der Waals surface area contributed by atoms with E-state index in [0.717, 1.165) is 5.69 Å². The Morgan fingerprint density at radius 1 is 1.24 bits per heavy atom. The number of halogens is 1. The molecule has 1 aromatic carbocycles. The van der Waals surface area contributed by atoms with Crippen LogP contribution in [0.2, 0.25) is 0 Å². The third-order valence-electron chi connectivity index (χ3n) is 2.36. The van der Waals surface area contributed by atoms with Crippen LogP contribution in [0.5, 0.6) is 11.5 Å². The molecule has 2 aromatic rings. The van der Waals surface area contributed by atoms with E-state index < -0.39 is 0 Å². The molecule has 0 amide bonds. The van der Waals surface area contributed by atoms with Crippen LogP contribution in [-0.4, -0.2) is 4.98 Å². The Labute approximate surface area is 99.1 Å². The van der Waals surface area contributed by atoms with Gasteiger partial charge in [-0.05, 0) is 36.8 Å². The average Bonchev–Trinajstić information content (AvgIpc) is 2.34. The van der Waals surface area contributed by atoms with Crippen LogP contribution in [0.1, 0.15) is 11.3 Å². The van der Waals surface area contributed by atoms with Gasteiger partial charge in [0.15, 0.2) is 0 Å². The van der Waals surface area contributed by atoms with Crippen molar-refractivity contribution in [3.8, 4) is 11.5 Å². The Bertz CT molecular complexity index is 529. The molecule has 2 rings (SSSR count). The summed E-state index contributed by atoms with van der Waals surface area (Å²) in [7, 11) is 0. The maximum absolute atomic E-state index is 13.1. The van der Waals surface area contributed by atoms with Crippen molar-refractivity contribution in [2.24, 2.45) is 5.73 Å². The van der Waals surface area contributed by atoms with Crippen LogP contribution in [-0.2, 0) is 6.54 Å². The van der Waals surface area contributed by atoms with Gasteiger partial charge in [0.2, 0.25) is 0 Å². The third kappa shape index (κ3) is 2.79. The molecule has 17 heavy (non-hydrogen) atoms. The van der Waals surface area contributed by atoms with Gasteiger partial charge in [-0.3, -0.25) is 4.98 Å². The Morgan fingerprint density at radius 2 is 2.00 bits per heavy atom. The normalized spacial score (nSPS) is 10.3. The second kappa shape index (κ2) is 4.93. The van der Waals surface area contributed by atoms with Gasteiger partial charge >= 0.3 is 0 Å². The minimum absolute atomic E-state index is 0.241. The zero-order valence-corrected chi connectivity index (χ0v) is 9.48. The van der Waals surface area contributed by atoms with E-state index in [-0.39, 0.29) is 5.82 Å². The highest BCUT2D eigenvalue weighted by Gasteiger charge is 2.02. The first-order valence-electron chi connectivity index (χ1n) is 5.28. The van der Waals surface area contributed by atoms with Crippen LogP contribution >= 0.6 is 0 Å². The van der Waals surface area contributed by atoms with Crippen molar-refractivity contribution in [2.75, 3.05) is 0 Å². The summed E-state index contributed by atoms with van der Waals surface area (Å²) in [6.07, 6.45) is 1.63. The van der Waals surface area contributed by atoms with Gasteiger partial charge in [0.1, 0.15) is 17.3 Å². The largest absolute Gasteiger partial charge is 0.457 e. The summed E-state index contributed by atoms with van der Waals surface area (Å²) >= 11 is 0. The highest BCUT2D eigenvalue weighted by atomic mass is 19.1. The standard InChI is InChI=1S/C13H13FN2O/c1-9-6-11(2-3-13(9)14)17-12-4-5-16-10(7-12)8-15/h2-7H,8,15H2,1H3. The van der Waals surface area contributed by atoms with Crippen molar-refractivity contribution in [1.82, 2.24) is 4.98 Å². The van der Waals surface area contributed by atoms with Crippen molar-refractivity contribution in [2.45, 2.75) is 13.5 Å². The number of rotatable bonds is 3. The van der Waals surface area contributed by atoms with Gasteiger partial charge in [0.25, 0.3) is 0 Å². The molecule has 0 aliphatic carbocycles. The molecule has 0 unspecified atom stereocenters. The van der Waals surface area contributed by atoms with Crippen LogP contribution in [0.4, 0.5) is 4.39 Å². The van der Waals surface area contributed by atoms with Crippen LogP contribution in [0.3, 0.4) is 0 Å². The Balaban J connectivity index is 2.22. The topological polar surface area (TPSA) is 48.1 Å². The van der Waals surface area contributed by atoms with E-state index in [1.807, 2.05) is 0 Å². The number of aryl methyl sites for hydroxylation is 1. The summed E-state index contributed by atoms with van der Waals surface area (Å²) in [5.41, 5.74) is 6.79. The van der Waals surface area contributed by atoms with E-state index in [1.165, 1.54) is 6.07 Å². The predicted molar refractivity (Wildman–Crippen MR) is 63.3 cm³/mol. The third-order valence-corrected chi connectivity index (χ3v) is 2.36. The van der Waals surface area contributed by atoms with Crippen molar-refractivity contribution in [3.05, 3.63) is 53.6 Å². The molecule has 0 saturated heterocycles. The number of aromatic nitrogens is 1. The summed E-state index contributed by atoms with van der Waals surface area (Å²) in [4.78, 5) is 4.07. The van der Waals surface area contributed by atoms with Gasteiger partial charge < -0.3 is 10.5 Å². The summed E-state index contributed by atoms with van der Waals surface area (Å²) in [5.74, 6) is 0.999. The fraction of sp³-hybridized carbons (Fsp3) is 0.154. The lowest BCUT2D eigenvalue weighted by atomic mass is 10.2. The number of hydrogen-bond acceptors (Lipinski definition) is 3. The number of nitrogens with two attached hydrogens (primary N) is 1. The Hall–Kier alpha value is -1.94. The van der Waals surface area contributed by atoms with Gasteiger partial charge in [-0.25, -0.2) is 4.39 Å². The molecule has 4 heteroatoms. The second-order valence-electron chi connectivity index (χ2n) is 3.70. The summed E-state index contributed by atoms with van der Waals surface area (Å²) < 4.78 is 18.7. The molecular weight excluding hydrogens is 219 g/mol. The minimum Gasteiger partial charge on any atom is -0.457 e. The molecule has 88 valence electrons. The van der Waals surface area contributed by atoms with Crippen molar-refractivity contribution >= 4 is 0 Å². The van der Waals surface area contributed by atoms with Crippen LogP contribution in [0.25, 0.3) is 0 Å². The van der Waals surface area contributed by atoms with E-state index in [2.05, 4.69) is 4.98 Å². The highest BCUT2D eigenvalue weighted by Crippen LogP contribution is 2.23. The van der Waals surface area contributed by atoms with E-state index >= 15 is 0 Å². The van der Waals surface area contributed by atoms with E-state index in [0.29, 0.717) is 23.6 Å². The second-order valence-corrected chi connectivity index (χ2v) is 3.70. The van der Waals surface area contributed by atoms with E-state index in [1.54, 1.807) is 37.4 Å². The van der Waals surface area contributed by atoms with E-state index in [9.17, 15) is 4.39 Å². The van der Waals surface area contributed by atoms with Gasteiger partial charge in [-0.15, -0.1) is 0 Å². The molecule has 0 atom stereocenters. The van der Waals surface area contributed by atoms with Crippen molar-refractivity contribution in [1.29, 1.82) is 0 Å². The average molecular weight is 232 g/mol. The SMILES string of the molecule is Cc1cc(Oc2ccnc(CN)c2)ccc1F. The lowest BCUT2D eigenvalue weighted by Gasteiger charge is -2.07. The van der Waals surface area contributed by atoms with Crippen LogP contribution in [0, 0.1) is 12.7 Å². The first kappa shape index (κ1) is 11.5. The number of hydrogen-bond donors (Lipinski definition) is 1. The first-order valence-corrected chi connectivity index (χ1v) is 5.28. The molecule has 0 spiro atoms. The monoisotopic (exact) mass is 232 g/mol. The smallest absolute Gasteiger partial charge is 0.130 e. The maximum atomic E-state index is 13.1. The minimum atomic E-state index is -0.241. The molecule has 0 aliphatic rings. The van der Waals surface area contributed by atoms with Gasteiger partial charge in [-0.1, -0.05) is 0 Å².